The van der Waals surface area contributed by atoms with Crippen molar-refractivity contribution in [3.63, 3.8) is 0 Å². The van der Waals surface area contributed by atoms with E-state index < -0.39 is 0 Å². The largest absolute Gasteiger partial charge is 0.354 e. The van der Waals surface area contributed by atoms with Crippen molar-refractivity contribution in [1.82, 2.24) is 24.8 Å². The normalized spacial score (nSPS) is 12.3. The second-order valence-electron chi connectivity index (χ2n) is 6.53. The molecule has 0 aliphatic rings. The van der Waals surface area contributed by atoms with Crippen LogP contribution in [0.1, 0.15) is 43.7 Å². The zero-order valence-corrected chi connectivity index (χ0v) is 16.0. The van der Waals surface area contributed by atoms with E-state index in [0.29, 0.717) is 30.9 Å². The van der Waals surface area contributed by atoms with Gasteiger partial charge in [0, 0.05) is 31.1 Å². The van der Waals surface area contributed by atoms with Crippen LogP contribution in [-0.4, -0.2) is 32.0 Å². The van der Waals surface area contributed by atoms with E-state index in [1.165, 1.54) is 6.07 Å². The van der Waals surface area contributed by atoms with Crippen molar-refractivity contribution in [3.8, 4) is 0 Å². The molecule has 0 saturated heterocycles. The number of carbonyl (C=O) groups is 1. The first-order valence-corrected chi connectivity index (χ1v) is 9.33. The van der Waals surface area contributed by atoms with E-state index >= 15 is 0 Å². The fourth-order valence-electron chi connectivity index (χ4n) is 3.38. The quantitative estimate of drug-likeness (QED) is 0.670. The van der Waals surface area contributed by atoms with Crippen molar-refractivity contribution in [2.75, 3.05) is 6.54 Å². The maximum atomic E-state index is 12.9. The summed E-state index contributed by atoms with van der Waals surface area (Å²) in [7, 11) is 0. The molecule has 27 heavy (non-hydrogen) atoms. The van der Waals surface area contributed by atoms with Gasteiger partial charge in [0.2, 0.25) is 5.91 Å². The van der Waals surface area contributed by atoms with Crippen molar-refractivity contribution in [2.45, 2.75) is 46.1 Å². The van der Waals surface area contributed by atoms with Gasteiger partial charge in [0.25, 0.3) is 5.56 Å². The lowest BCUT2D eigenvalue weighted by molar-refractivity contribution is -0.124. The Balaban J connectivity index is 1.76. The molecule has 0 aliphatic carbocycles. The minimum absolute atomic E-state index is 0.0445. The Morgan fingerprint density at radius 2 is 2.04 bits per heavy atom. The van der Waals surface area contributed by atoms with E-state index in [1.54, 1.807) is 6.92 Å². The molecule has 7 heteroatoms. The van der Waals surface area contributed by atoms with Crippen molar-refractivity contribution in [2.24, 2.45) is 0 Å². The number of aromatic nitrogens is 4. The molecule has 3 aromatic rings. The van der Waals surface area contributed by atoms with Crippen LogP contribution >= 0.6 is 0 Å². The number of nitrogens with zero attached hydrogens (tertiary/aromatic N) is 3. The number of hydrogen-bond donors (Lipinski definition) is 2. The van der Waals surface area contributed by atoms with Gasteiger partial charge in [0.1, 0.15) is 17.7 Å². The zero-order valence-electron chi connectivity index (χ0n) is 16.0. The van der Waals surface area contributed by atoms with Gasteiger partial charge in [-0.1, -0.05) is 26.0 Å². The molecule has 0 fully saturated rings. The maximum Gasteiger partial charge on any atom is 0.251 e. The Morgan fingerprint density at radius 1 is 1.26 bits per heavy atom. The molecule has 0 saturated carbocycles. The van der Waals surface area contributed by atoms with Crippen LogP contribution in [0.3, 0.4) is 0 Å². The van der Waals surface area contributed by atoms with E-state index in [4.69, 9.17) is 0 Å². The van der Waals surface area contributed by atoms with Crippen LogP contribution in [0.25, 0.3) is 11.0 Å². The molecular formula is C20H25N5O2. The van der Waals surface area contributed by atoms with Gasteiger partial charge < -0.3 is 14.9 Å². The fraction of sp³-hybridized carbons (Fsp3) is 0.400. The molecule has 7 nitrogen and oxygen atoms in total. The molecule has 0 bridgehead atoms. The maximum absolute atomic E-state index is 12.9. The lowest BCUT2D eigenvalue weighted by Gasteiger charge is -2.19. The summed E-state index contributed by atoms with van der Waals surface area (Å²) >= 11 is 0. The molecule has 0 spiro atoms. The van der Waals surface area contributed by atoms with E-state index in [2.05, 4.69) is 20.3 Å². The second-order valence-corrected chi connectivity index (χ2v) is 6.53. The molecular weight excluding hydrogens is 342 g/mol. The minimum atomic E-state index is -0.318. The molecule has 1 atom stereocenters. The van der Waals surface area contributed by atoms with Crippen LogP contribution in [0.15, 0.2) is 35.1 Å². The zero-order chi connectivity index (χ0) is 19.4. The highest BCUT2D eigenvalue weighted by Gasteiger charge is 2.23. The summed E-state index contributed by atoms with van der Waals surface area (Å²) < 4.78 is 2.04. The molecule has 1 aromatic carbocycles. The highest BCUT2D eigenvalue weighted by atomic mass is 16.2. The van der Waals surface area contributed by atoms with Gasteiger partial charge in [-0.3, -0.25) is 9.59 Å². The van der Waals surface area contributed by atoms with Crippen molar-refractivity contribution in [3.05, 3.63) is 58.0 Å². The van der Waals surface area contributed by atoms with E-state index in [-0.39, 0.29) is 17.5 Å². The van der Waals surface area contributed by atoms with E-state index in [9.17, 15) is 9.59 Å². The van der Waals surface area contributed by atoms with Crippen LogP contribution in [0.5, 0.6) is 0 Å². The summed E-state index contributed by atoms with van der Waals surface area (Å²) in [6.45, 7) is 6.22. The fourth-order valence-corrected chi connectivity index (χ4v) is 3.38. The minimum Gasteiger partial charge on any atom is -0.354 e. The third kappa shape index (κ3) is 4.07. The number of aryl methyl sites for hydroxylation is 2. The Bertz CT molecular complexity index is 1010. The van der Waals surface area contributed by atoms with E-state index in [0.717, 1.165) is 23.3 Å². The van der Waals surface area contributed by atoms with Crippen LogP contribution in [0.4, 0.5) is 0 Å². The number of amides is 1. The van der Waals surface area contributed by atoms with Crippen molar-refractivity contribution in [1.29, 1.82) is 0 Å². The Morgan fingerprint density at radius 3 is 2.74 bits per heavy atom. The molecule has 0 aliphatic heterocycles. The van der Waals surface area contributed by atoms with Gasteiger partial charge >= 0.3 is 0 Å². The van der Waals surface area contributed by atoms with Gasteiger partial charge in [0.15, 0.2) is 0 Å². The predicted molar refractivity (Wildman–Crippen MR) is 105 cm³/mol. The van der Waals surface area contributed by atoms with Crippen LogP contribution in [0, 0.1) is 6.92 Å². The average molecular weight is 367 g/mol. The Labute approximate surface area is 157 Å². The number of imidazole rings is 1. The number of benzene rings is 1. The number of carbonyl (C=O) groups excluding carboxylic acids is 1. The van der Waals surface area contributed by atoms with Crippen molar-refractivity contribution < 1.29 is 4.79 Å². The van der Waals surface area contributed by atoms with Gasteiger partial charge in [-0.2, -0.15) is 0 Å². The lowest BCUT2D eigenvalue weighted by atomic mass is 10.1. The summed E-state index contributed by atoms with van der Waals surface area (Å²) in [5.41, 5.74) is 2.38. The lowest BCUT2D eigenvalue weighted by Crippen LogP contribution is -2.34. The number of para-hydroxylation sites is 2. The van der Waals surface area contributed by atoms with Crippen LogP contribution < -0.4 is 10.9 Å². The standard InChI is InChI=1S/C20H25N5O2/c1-4-16(25-17-9-7-6-8-15(17)24-18(25)5-2)20(27)21-11-10-14-12-19(26)23-13(3)22-14/h6-9,12,16H,4-5,10-11H2,1-3H3,(H,21,27)(H,22,23,26). The number of rotatable bonds is 7. The highest BCUT2D eigenvalue weighted by Crippen LogP contribution is 2.24. The SMILES string of the molecule is CCc1nc2ccccc2n1C(CC)C(=O)NCCc1cc(=O)[nH]c(C)n1. The number of H-pyrrole nitrogens is 1. The predicted octanol–water partition coefficient (Wildman–Crippen LogP) is 2.30. The summed E-state index contributed by atoms with van der Waals surface area (Å²) in [5.74, 6) is 1.44. The molecule has 2 N–H and O–H groups in total. The third-order valence-corrected chi connectivity index (χ3v) is 4.58. The Kier molecular flexibility index (Phi) is 5.69. The van der Waals surface area contributed by atoms with Crippen LogP contribution in [0.2, 0.25) is 0 Å². The molecule has 142 valence electrons. The molecule has 0 radical (unpaired) electrons. The van der Waals surface area contributed by atoms with Gasteiger partial charge in [-0.25, -0.2) is 9.97 Å². The first kappa shape index (κ1) is 18.8. The first-order valence-electron chi connectivity index (χ1n) is 9.33. The monoisotopic (exact) mass is 367 g/mol. The number of nitrogens with one attached hydrogen (secondary N) is 2. The molecule has 2 aromatic heterocycles. The van der Waals surface area contributed by atoms with Gasteiger partial charge in [0.05, 0.1) is 11.0 Å². The molecule has 3 rings (SSSR count). The highest BCUT2D eigenvalue weighted by molar-refractivity contribution is 5.84. The number of fused-ring (bicyclic) bond motifs is 1. The molecule has 1 unspecified atom stereocenters. The average Bonchev–Trinajstić information content (AvgIpc) is 3.00. The first-order chi connectivity index (χ1) is 13.0. The smallest absolute Gasteiger partial charge is 0.251 e. The van der Waals surface area contributed by atoms with E-state index in [1.807, 2.05) is 42.7 Å². The van der Waals surface area contributed by atoms with Crippen molar-refractivity contribution >= 4 is 16.9 Å². The number of aromatic amines is 1. The number of hydrogen-bond acceptors (Lipinski definition) is 4. The Hall–Kier alpha value is -2.96. The molecule has 2 heterocycles. The topological polar surface area (TPSA) is 92.7 Å². The molecule has 1 amide bonds. The van der Waals surface area contributed by atoms with Gasteiger partial charge in [-0.15, -0.1) is 0 Å². The van der Waals surface area contributed by atoms with Gasteiger partial charge in [-0.05, 0) is 25.5 Å². The summed E-state index contributed by atoms with van der Waals surface area (Å²) in [6, 6.07) is 9.04. The summed E-state index contributed by atoms with van der Waals surface area (Å²) in [4.78, 5) is 36.0. The second kappa shape index (κ2) is 8.16. The summed E-state index contributed by atoms with van der Waals surface area (Å²) in [6.07, 6.45) is 1.94. The van der Waals surface area contributed by atoms with Crippen LogP contribution in [-0.2, 0) is 17.6 Å². The third-order valence-electron chi connectivity index (χ3n) is 4.58. The summed E-state index contributed by atoms with van der Waals surface area (Å²) in [5, 5.41) is 2.99.